The molecule has 0 radical (unpaired) electrons. The summed E-state index contributed by atoms with van der Waals surface area (Å²) in [6.07, 6.45) is 6.23. The van der Waals surface area contributed by atoms with Crippen molar-refractivity contribution in [2.45, 2.75) is 56.7 Å². The highest BCUT2D eigenvalue weighted by Crippen LogP contribution is 2.58. The lowest BCUT2D eigenvalue weighted by Gasteiger charge is -2.22. The zero-order valence-electron chi connectivity index (χ0n) is 11.4. The number of carbonyl (C=O) groups is 1. The van der Waals surface area contributed by atoms with Crippen LogP contribution in [0.4, 0.5) is 0 Å². The van der Waals surface area contributed by atoms with Gasteiger partial charge in [-0.3, -0.25) is 0 Å². The van der Waals surface area contributed by atoms with Crippen molar-refractivity contribution in [1.29, 1.82) is 0 Å². The van der Waals surface area contributed by atoms with Gasteiger partial charge in [-0.15, -0.1) is 0 Å². The van der Waals surface area contributed by atoms with Crippen LogP contribution in [-0.4, -0.2) is 17.2 Å². The smallest absolute Gasteiger partial charge is 0.346 e. The Kier molecular flexibility index (Phi) is 3.09. The normalized spacial score (nSPS) is 28.1. The molecule has 1 aromatic carbocycles. The maximum absolute atomic E-state index is 12.5. The monoisotopic (exact) mass is 260 g/mol. The van der Waals surface area contributed by atoms with Gasteiger partial charge >= 0.3 is 5.97 Å². The second-order valence-corrected chi connectivity index (χ2v) is 5.54. The average molecular weight is 260 g/mol. The van der Waals surface area contributed by atoms with E-state index in [2.05, 4.69) is 0 Å². The van der Waals surface area contributed by atoms with Gasteiger partial charge in [-0.05, 0) is 31.4 Å². The molecule has 2 aliphatic rings. The molecule has 0 bridgehead atoms. The molecular formula is C16H20O3. The number of carbonyl (C=O) groups excluding carboxylic acids is 1. The Balaban J connectivity index is 1.75. The standard InChI is InChI=1S/C16H20O3/c1-2-16(15(19-16)11-7-4-8-12-15)14(17)18-13-9-5-3-6-10-13/h3,5-6,9-10H,2,4,7-8,11-12H2,1H3. The molecule has 102 valence electrons. The van der Waals surface area contributed by atoms with Crippen LogP contribution in [0.2, 0.25) is 0 Å². The number of ether oxygens (including phenoxy) is 2. The van der Waals surface area contributed by atoms with Gasteiger partial charge in [0, 0.05) is 0 Å². The summed E-state index contributed by atoms with van der Waals surface area (Å²) in [5.41, 5.74) is -0.922. The molecule has 1 aliphatic heterocycles. The lowest BCUT2D eigenvalue weighted by molar-refractivity contribution is -0.140. The Morgan fingerprint density at radius 3 is 2.53 bits per heavy atom. The second kappa shape index (κ2) is 4.64. The van der Waals surface area contributed by atoms with Gasteiger partial charge < -0.3 is 9.47 Å². The van der Waals surface area contributed by atoms with E-state index in [4.69, 9.17) is 9.47 Å². The van der Waals surface area contributed by atoms with E-state index in [-0.39, 0.29) is 11.6 Å². The third kappa shape index (κ3) is 1.96. The molecule has 3 nitrogen and oxygen atoms in total. The maximum Gasteiger partial charge on any atom is 0.346 e. The number of esters is 1. The number of para-hydroxylation sites is 1. The Morgan fingerprint density at radius 2 is 1.89 bits per heavy atom. The van der Waals surface area contributed by atoms with Crippen molar-refractivity contribution in [3.8, 4) is 5.75 Å². The summed E-state index contributed by atoms with van der Waals surface area (Å²) in [6, 6.07) is 9.24. The molecule has 0 aromatic heterocycles. The zero-order valence-corrected chi connectivity index (χ0v) is 11.4. The van der Waals surface area contributed by atoms with Crippen LogP contribution in [0.25, 0.3) is 0 Å². The van der Waals surface area contributed by atoms with Crippen molar-refractivity contribution < 1.29 is 14.3 Å². The number of hydrogen-bond donors (Lipinski definition) is 0. The molecule has 19 heavy (non-hydrogen) atoms. The van der Waals surface area contributed by atoms with Crippen LogP contribution in [0.1, 0.15) is 45.4 Å². The van der Waals surface area contributed by atoms with Crippen molar-refractivity contribution in [2.75, 3.05) is 0 Å². The molecule has 2 fully saturated rings. The van der Waals surface area contributed by atoms with Crippen molar-refractivity contribution in [3.63, 3.8) is 0 Å². The molecule has 1 saturated heterocycles. The number of epoxide rings is 1. The molecular weight excluding hydrogens is 240 g/mol. The van der Waals surface area contributed by atoms with Gasteiger partial charge in [-0.1, -0.05) is 44.4 Å². The van der Waals surface area contributed by atoms with Gasteiger partial charge in [0.2, 0.25) is 0 Å². The van der Waals surface area contributed by atoms with Crippen LogP contribution in [-0.2, 0) is 9.53 Å². The quantitative estimate of drug-likeness (QED) is 0.474. The molecule has 1 heterocycles. The van der Waals surface area contributed by atoms with Crippen LogP contribution in [0.5, 0.6) is 5.75 Å². The topological polar surface area (TPSA) is 38.8 Å². The predicted octanol–water partition coefficient (Wildman–Crippen LogP) is 3.47. The first-order valence-corrected chi connectivity index (χ1v) is 7.20. The number of rotatable bonds is 3. The van der Waals surface area contributed by atoms with Gasteiger partial charge in [0.25, 0.3) is 0 Å². The third-order valence-electron chi connectivity index (χ3n) is 4.51. The maximum atomic E-state index is 12.5. The fourth-order valence-corrected chi connectivity index (χ4v) is 3.38. The molecule has 1 spiro atoms. The van der Waals surface area contributed by atoms with Crippen LogP contribution >= 0.6 is 0 Å². The number of hydrogen-bond acceptors (Lipinski definition) is 3. The largest absolute Gasteiger partial charge is 0.424 e. The molecule has 1 aliphatic carbocycles. The van der Waals surface area contributed by atoms with Crippen molar-refractivity contribution in [1.82, 2.24) is 0 Å². The molecule has 3 heteroatoms. The van der Waals surface area contributed by atoms with Crippen LogP contribution in [0.15, 0.2) is 30.3 Å². The minimum absolute atomic E-state index is 0.219. The van der Waals surface area contributed by atoms with E-state index in [1.165, 1.54) is 6.42 Å². The molecule has 0 amide bonds. The summed E-state index contributed by atoms with van der Waals surface area (Å²) < 4.78 is 11.4. The summed E-state index contributed by atoms with van der Waals surface area (Å²) in [7, 11) is 0. The van der Waals surface area contributed by atoms with Gasteiger partial charge in [-0.25, -0.2) is 4.79 Å². The lowest BCUT2D eigenvalue weighted by atomic mass is 9.79. The first-order chi connectivity index (χ1) is 9.22. The first-order valence-electron chi connectivity index (χ1n) is 7.20. The second-order valence-electron chi connectivity index (χ2n) is 5.54. The van der Waals surface area contributed by atoms with Gasteiger partial charge in [-0.2, -0.15) is 0 Å². The average Bonchev–Trinajstić information content (AvgIpc) is 3.09. The van der Waals surface area contributed by atoms with Crippen LogP contribution < -0.4 is 4.74 Å². The first kappa shape index (κ1) is 12.7. The zero-order chi connectivity index (χ0) is 13.3. The Hall–Kier alpha value is -1.35. The molecule has 1 aromatic rings. The summed E-state index contributed by atoms with van der Waals surface area (Å²) >= 11 is 0. The van der Waals surface area contributed by atoms with E-state index in [1.54, 1.807) is 12.1 Å². The van der Waals surface area contributed by atoms with Gasteiger partial charge in [0.1, 0.15) is 11.4 Å². The minimum atomic E-state index is -0.691. The molecule has 1 saturated carbocycles. The van der Waals surface area contributed by atoms with E-state index < -0.39 is 5.60 Å². The summed E-state index contributed by atoms with van der Waals surface area (Å²) in [6.45, 7) is 2.01. The highest BCUT2D eigenvalue weighted by molar-refractivity contribution is 5.86. The molecule has 0 N–H and O–H groups in total. The summed E-state index contributed by atoms with van der Waals surface area (Å²) in [5.74, 6) is 0.380. The Bertz CT molecular complexity index is 462. The molecule has 1 unspecified atom stereocenters. The highest BCUT2D eigenvalue weighted by Gasteiger charge is 2.73. The highest BCUT2D eigenvalue weighted by atomic mass is 16.7. The number of benzene rings is 1. The van der Waals surface area contributed by atoms with E-state index >= 15 is 0 Å². The van der Waals surface area contributed by atoms with E-state index in [0.717, 1.165) is 25.7 Å². The molecule has 3 rings (SSSR count). The summed E-state index contributed by atoms with van der Waals surface area (Å²) in [5, 5.41) is 0. The van der Waals surface area contributed by atoms with Crippen LogP contribution in [0, 0.1) is 0 Å². The van der Waals surface area contributed by atoms with Gasteiger partial charge in [0.15, 0.2) is 5.60 Å². The van der Waals surface area contributed by atoms with Gasteiger partial charge in [0.05, 0.1) is 0 Å². The third-order valence-corrected chi connectivity index (χ3v) is 4.51. The summed E-state index contributed by atoms with van der Waals surface area (Å²) in [4.78, 5) is 12.5. The fourth-order valence-electron chi connectivity index (χ4n) is 3.38. The Labute approximate surface area is 113 Å². The fraction of sp³-hybridized carbons (Fsp3) is 0.562. The lowest BCUT2D eigenvalue weighted by Crippen LogP contribution is -2.38. The molecule has 1 atom stereocenters. The van der Waals surface area contributed by atoms with Crippen molar-refractivity contribution in [2.24, 2.45) is 0 Å². The van der Waals surface area contributed by atoms with E-state index in [9.17, 15) is 4.79 Å². The van der Waals surface area contributed by atoms with E-state index in [0.29, 0.717) is 12.2 Å². The van der Waals surface area contributed by atoms with E-state index in [1.807, 2.05) is 25.1 Å². The van der Waals surface area contributed by atoms with Crippen LogP contribution in [0.3, 0.4) is 0 Å². The predicted molar refractivity (Wildman–Crippen MR) is 72.0 cm³/mol. The van der Waals surface area contributed by atoms with Crippen molar-refractivity contribution in [3.05, 3.63) is 30.3 Å². The Morgan fingerprint density at radius 1 is 1.21 bits per heavy atom. The SMILES string of the molecule is CCC1(C(=O)Oc2ccccc2)OC12CCCCC2. The minimum Gasteiger partial charge on any atom is -0.424 e. The van der Waals surface area contributed by atoms with Crippen molar-refractivity contribution >= 4 is 5.97 Å².